The van der Waals surface area contributed by atoms with Gasteiger partial charge in [-0.05, 0) is 18.6 Å². The van der Waals surface area contributed by atoms with E-state index in [4.69, 9.17) is 0 Å². The molecule has 0 saturated heterocycles. The minimum atomic E-state index is -9.97. The molecule has 8 nitrogen and oxygen atoms in total. The van der Waals surface area contributed by atoms with E-state index in [-0.39, 0.29) is 6.92 Å². The number of halogens is 27. The van der Waals surface area contributed by atoms with Gasteiger partial charge in [0.1, 0.15) is 11.4 Å². The molecule has 61 heavy (non-hydrogen) atoms. The van der Waals surface area contributed by atoms with E-state index in [2.05, 4.69) is 14.7 Å². The Bertz CT molecular complexity index is 1980. The molecule has 1 aromatic carbocycles. The summed E-state index contributed by atoms with van der Waals surface area (Å²) < 4.78 is 382. The van der Waals surface area contributed by atoms with Crippen molar-refractivity contribution in [3.05, 3.63) is 22.8 Å². The van der Waals surface area contributed by atoms with Crippen LogP contribution in [0.2, 0.25) is 0 Å². The van der Waals surface area contributed by atoms with Crippen LogP contribution in [0.25, 0.3) is 0 Å². The molecule has 35 heteroatoms. The fourth-order valence-corrected chi connectivity index (χ4v) is 4.22. The summed E-state index contributed by atoms with van der Waals surface area (Å²) in [6.45, 7) is -0.905. The molecule has 1 N–H and O–H groups in total. The number of hydrogen-bond acceptors (Lipinski definition) is 7. The molecule has 0 aliphatic heterocycles. The molecule has 0 heterocycles. The highest BCUT2D eigenvalue weighted by Crippen LogP contribution is 2.69. The third-order valence-electron chi connectivity index (χ3n) is 7.55. The van der Waals surface area contributed by atoms with Gasteiger partial charge < -0.3 is 10.1 Å². The standard InChI is InChI=1S/C26H10F27N3O5/c1-7-3-9(10(13(60)56-6-61-8(2)59)12(55-5-58)11(7)54-4-57)14(27,28)15(29,30)16(31,32)17(33,34)18(35,36)19(37,38)20(39,40)21(41,42)22(43,44)23(45,46)24(47,48)25(49,50)26(51,52)53/h3H,6H2,1-2H3,(H,56,60). The molecule has 1 aromatic rings. The quantitative estimate of drug-likeness (QED) is 0.0550. The highest BCUT2D eigenvalue weighted by molar-refractivity contribution is 6.04. The molecule has 1 rings (SSSR count). The summed E-state index contributed by atoms with van der Waals surface area (Å²) in [5.74, 6) is -117. The number of aliphatic imine (C=N–C) groups is 2. The van der Waals surface area contributed by atoms with Crippen molar-refractivity contribution in [2.75, 3.05) is 6.73 Å². The first kappa shape index (κ1) is 54.0. The number of rotatable bonds is 17. The maximum Gasteiger partial charge on any atom is 0.460 e. The van der Waals surface area contributed by atoms with Crippen molar-refractivity contribution < 1.29 is 142 Å². The zero-order valence-corrected chi connectivity index (χ0v) is 27.9. The van der Waals surface area contributed by atoms with Crippen molar-refractivity contribution in [2.24, 2.45) is 9.98 Å². The number of amides is 1. The summed E-state index contributed by atoms with van der Waals surface area (Å²) in [6.07, 6.45) is -7.47. The molecule has 0 saturated carbocycles. The average molecular weight is 957 g/mol. The third-order valence-corrected chi connectivity index (χ3v) is 7.55. The Morgan fingerprint density at radius 1 is 0.525 bits per heavy atom. The van der Waals surface area contributed by atoms with Crippen LogP contribution < -0.4 is 5.32 Å². The summed E-state index contributed by atoms with van der Waals surface area (Å²) in [5, 5.41) is 1.11. The fraction of sp³-hybridized carbons (Fsp3) is 0.615. The van der Waals surface area contributed by atoms with Crippen LogP contribution in [0.3, 0.4) is 0 Å². The lowest BCUT2D eigenvalue weighted by molar-refractivity contribution is -0.485. The van der Waals surface area contributed by atoms with Crippen molar-refractivity contribution in [3.63, 3.8) is 0 Å². The molecular formula is C26H10F27N3O5. The first-order chi connectivity index (χ1) is 26.6. The second kappa shape index (κ2) is 15.4. The summed E-state index contributed by atoms with van der Waals surface area (Å²) in [7, 11) is 0. The maximum absolute atomic E-state index is 15.5. The molecule has 0 spiro atoms. The predicted molar refractivity (Wildman–Crippen MR) is 135 cm³/mol. The van der Waals surface area contributed by atoms with Crippen LogP contribution in [0.15, 0.2) is 16.1 Å². The lowest BCUT2D eigenvalue weighted by Gasteiger charge is -2.46. The second-order valence-corrected chi connectivity index (χ2v) is 11.4. The molecule has 0 aliphatic carbocycles. The number of carbonyl (C=O) groups is 2. The van der Waals surface area contributed by atoms with E-state index in [1.165, 1.54) is 0 Å². The number of nitrogens with one attached hydrogen (secondary N) is 1. The van der Waals surface area contributed by atoms with Crippen LogP contribution in [0.4, 0.5) is 130 Å². The molecule has 0 bridgehead atoms. The van der Waals surface area contributed by atoms with Gasteiger partial charge in [0.15, 0.2) is 6.73 Å². The SMILES string of the molecule is CC(=O)OCNC(=O)c1c(C(F)(F)C(F)(F)C(F)(F)C(F)(F)C(F)(F)C(F)(F)C(F)(F)C(F)(F)C(F)(F)C(F)(F)C(F)(F)C(F)(F)C(F)(F)F)cc(C)c(N=C=O)c1N=C=O. The average Bonchev–Trinajstić information content (AvgIpc) is 3.07. The molecule has 0 aromatic heterocycles. The monoisotopic (exact) mass is 957 g/mol. The predicted octanol–water partition coefficient (Wildman–Crippen LogP) is 9.82. The van der Waals surface area contributed by atoms with Crippen molar-refractivity contribution in [1.82, 2.24) is 5.32 Å². The molecule has 0 unspecified atom stereocenters. The molecular weight excluding hydrogens is 947 g/mol. The minimum Gasteiger partial charge on any atom is -0.445 e. The Morgan fingerprint density at radius 2 is 0.820 bits per heavy atom. The maximum atomic E-state index is 15.5. The first-order valence-electron chi connectivity index (χ1n) is 14.0. The van der Waals surface area contributed by atoms with Crippen molar-refractivity contribution in [1.29, 1.82) is 0 Å². The van der Waals surface area contributed by atoms with Crippen molar-refractivity contribution >= 4 is 35.4 Å². The van der Waals surface area contributed by atoms with E-state index in [0.29, 0.717) is 19.1 Å². The molecule has 348 valence electrons. The lowest BCUT2D eigenvalue weighted by atomic mass is 9.82. The zero-order valence-electron chi connectivity index (χ0n) is 27.9. The van der Waals surface area contributed by atoms with Crippen LogP contribution in [0.1, 0.15) is 28.4 Å². The smallest absolute Gasteiger partial charge is 0.445 e. The van der Waals surface area contributed by atoms with Gasteiger partial charge in [-0.15, -0.1) is 0 Å². The number of benzene rings is 1. The Kier molecular flexibility index (Phi) is 13.7. The van der Waals surface area contributed by atoms with Gasteiger partial charge in [-0.1, -0.05) is 0 Å². The fourth-order valence-electron chi connectivity index (χ4n) is 4.22. The van der Waals surface area contributed by atoms with Crippen LogP contribution in [0, 0.1) is 6.92 Å². The number of ether oxygens (including phenoxy) is 1. The van der Waals surface area contributed by atoms with E-state index in [1.807, 2.05) is 0 Å². The number of isocyanates is 2. The van der Waals surface area contributed by atoms with Crippen LogP contribution in [-0.2, 0) is 25.0 Å². The Labute approximate surface area is 314 Å². The van der Waals surface area contributed by atoms with Crippen LogP contribution >= 0.6 is 0 Å². The topological polar surface area (TPSA) is 114 Å². The first-order valence-corrected chi connectivity index (χ1v) is 14.0. The van der Waals surface area contributed by atoms with E-state index >= 15 is 17.6 Å². The van der Waals surface area contributed by atoms with E-state index in [9.17, 15) is 120 Å². The number of esters is 1. The minimum absolute atomic E-state index is 0.224. The van der Waals surface area contributed by atoms with Gasteiger partial charge in [-0.2, -0.15) is 129 Å². The summed E-state index contributed by atoms with van der Waals surface area (Å²) >= 11 is 0. The van der Waals surface area contributed by atoms with Gasteiger partial charge in [0.05, 0.1) is 5.56 Å². The Hall–Kier alpha value is -4.97. The lowest BCUT2D eigenvalue weighted by Crippen LogP contribution is -2.78. The second-order valence-electron chi connectivity index (χ2n) is 11.4. The van der Waals surface area contributed by atoms with Gasteiger partial charge in [0.25, 0.3) is 5.91 Å². The van der Waals surface area contributed by atoms with Gasteiger partial charge in [0, 0.05) is 12.5 Å². The van der Waals surface area contributed by atoms with Gasteiger partial charge in [-0.25, -0.2) is 9.59 Å². The number of hydrogen-bond donors (Lipinski definition) is 1. The van der Waals surface area contributed by atoms with Gasteiger partial charge in [0.2, 0.25) is 12.2 Å². The third kappa shape index (κ3) is 7.36. The molecule has 0 aliphatic rings. The number of carbonyl (C=O) groups excluding carboxylic acids is 4. The van der Waals surface area contributed by atoms with Gasteiger partial charge in [-0.3, -0.25) is 9.59 Å². The van der Waals surface area contributed by atoms with E-state index in [0.717, 1.165) is 5.32 Å². The number of nitrogens with zero attached hydrogens (tertiary/aromatic N) is 2. The number of aryl methyl sites for hydroxylation is 1. The Morgan fingerprint density at radius 3 is 1.11 bits per heavy atom. The van der Waals surface area contributed by atoms with Crippen molar-refractivity contribution in [2.45, 2.75) is 91.1 Å². The normalized spacial score (nSPS) is 14.8. The molecule has 0 atom stereocenters. The van der Waals surface area contributed by atoms with Crippen LogP contribution in [0.5, 0.6) is 0 Å². The van der Waals surface area contributed by atoms with E-state index < -0.39 is 130 Å². The van der Waals surface area contributed by atoms with E-state index in [1.54, 1.807) is 0 Å². The summed E-state index contributed by atoms with van der Waals surface area (Å²) in [4.78, 5) is 50.3. The van der Waals surface area contributed by atoms with Gasteiger partial charge >= 0.3 is 83.2 Å². The number of alkyl halides is 27. The largest absolute Gasteiger partial charge is 0.460 e. The van der Waals surface area contributed by atoms with Crippen LogP contribution in [-0.4, -0.2) is 102 Å². The molecule has 1 amide bonds. The molecule has 0 fully saturated rings. The highest BCUT2D eigenvalue weighted by Gasteiger charge is 3.00. The summed E-state index contributed by atoms with van der Waals surface area (Å²) in [6, 6.07) is -0.843. The van der Waals surface area contributed by atoms with Crippen molar-refractivity contribution in [3.8, 4) is 0 Å². The summed E-state index contributed by atoms with van der Waals surface area (Å²) in [5.41, 5.74) is -11.0. The molecule has 0 radical (unpaired) electrons. The Balaban J connectivity index is 4.28. The highest BCUT2D eigenvalue weighted by atomic mass is 19.4. The zero-order chi connectivity index (χ0) is 49.2.